The Labute approximate surface area is 218 Å². The monoisotopic (exact) mass is 521 g/mol. The number of thioether (sulfide) groups is 1. The van der Waals surface area contributed by atoms with Crippen molar-refractivity contribution in [3.05, 3.63) is 100 Å². The van der Waals surface area contributed by atoms with Crippen LogP contribution in [-0.2, 0) is 19.4 Å². The van der Waals surface area contributed by atoms with Crippen LogP contribution in [0.1, 0.15) is 27.0 Å². The minimum Gasteiger partial charge on any atom is -0.493 e. The molecule has 0 aliphatic rings. The second-order valence-corrected chi connectivity index (χ2v) is 9.11. The quantitative estimate of drug-likeness (QED) is 0.177. The summed E-state index contributed by atoms with van der Waals surface area (Å²) in [5.74, 6) is 1.60. The largest absolute Gasteiger partial charge is 0.493 e. The number of carbonyl (C=O) groups is 1. The fraction of sp³-hybridized carbons (Fsp3) is 0.154. The SMILES string of the molecule is COc1cc(/C=N/NC(=O)c2ccc(CSc3nncn3C)cc2)ccc1OCc1ccc(Cl)cc1. The van der Waals surface area contributed by atoms with Gasteiger partial charge in [0.1, 0.15) is 12.9 Å². The van der Waals surface area contributed by atoms with E-state index in [1.807, 2.05) is 54.1 Å². The number of benzene rings is 3. The normalized spacial score (nSPS) is 11.0. The molecular weight excluding hydrogens is 498 g/mol. The fourth-order valence-corrected chi connectivity index (χ4v) is 4.13. The summed E-state index contributed by atoms with van der Waals surface area (Å²) in [6, 6.07) is 20.2. The van der Waals surface area contributed by atoms with Crippen molar-refractivity contribution < 1.29 is 14.3 Å². The number of halogens is 1. The molecule has 3 aromatic carbocycles. The van der Waals surface area contributed by atoms with Crippen LogP contribution >= 0.6 is 23.4 Å². The Morgan fingerprint density at radius 1 is 1.08 bits per heavy atom. The first-order chi connectivity index (χ1) is 17.5. The van der Waals surface area contributed by atoms with Crippen molar-refractivity contribution in [1.82, 2.24) is 20.2 Å². The summed E-state index contributed by atoms with van der Waals surface area (Å²) >= 11 is 7.50. The first kappa shape index (κ1) is 25.3. The first-order valence-corrected chi connectivity index (χ1v) is 12.3. The molecule has 1 N–H and O–H groups in total. The van der Waals surface area contributed by atoms with Gasteiger partial charge < -0.3 is 14.0 Å². The third kappa shape index (κ3) is 6.87. The average Bonchev–Trinajstić information content (AvgIpc) is 3.32. The van der Waals surface area contributed by atoms with E-state index in [1.165, 1.54) is 0 Å². The summed E-state index contributed by atoms with van der Waals surface area (Å²) in [6.07, 6.45) is 3.22. The number of carbonyl (C=O) groups excluding carboxylic acids is 1. The van der Waals surface area contributed by atoms with Gasteiger partial charge in [0, 0.05) is 23.4 Å². The van der Waals surface area contributed by atoms with Gasteiger partial charge in [0.05, 0.1) is 13.3 Å². The Hall–Kier alpha value is -3.82. The summed E-state index contributed by atoms with van der Waals surface area (Å²) < 4.78 is 13.2. The molecule has 1 aromatic heterocycles. The maximum absolute atomic E-state index is 12.4. The number of hydrazone groups is 1. The van der Waals surface area contributed by atoms with Gasteiger partial charge in [0.2, 0.25) is 0 Å². The van der Waals surface area contributed by atoms with Crippen LogP contribution in [0.4, 0.5) is 0 Å². The molecule has 10 heteroatoms. The zero-order chi connectivity index (χ0) is 25.3. The molecule has 0 bridgehead atoms. The molecule has 4 aromatic rings. The maximum Gasteiger partial charge on any atom is 0.271 e. The number of hydrogen-bond donors (Lipinski definition) is 1. The Bertz CT molecular complexity index is 1340. The summed E-state index contributed by atoms with van der Waals surface area (Å²) in [6.45, 7) is 0.384. The number of hydrogen-bond acceptors (Lipinski definition) is 7. The molecule has 184 valence electrons. The molecule has 0 radical (unpaired) electrons. The number of aromatic nitrogens is 3. The predicted molar refractivity (Wildman–Crippen MR) is 141 cm³/mol. The Morgan fingerprint density at radius 2 is 1.83 bits per heavy atom. The molecule has 0 saturated heterocycles. The molecule has 0 fully saturated rings. The Kier molecular flexibility index (Phi) is 8.59. The molecule has 1 amide bonds. The molecular formula is C26H24ClN5O3S. The number of ether oxygens (including phenoxy) is 2. The van der Waals surface area contributed by atoms with Crippen molar-refractivity contribution in [2.24, 2.45) is 12.1 Å². The van der Waals surface area contributed by atoms with Crippen molar-refractivity contribution in [3.8, 4) is 11.5 Å². The molecule has 36 heavy (non-hydrogen) atoms. The summed E-state index contributed by atoms with van der Waals surface area (Å²) in [7, 11) is 3.47. The van der Waals surface area contributed by atoms with Gasteiger partial charge in [-0.3, -0.25) is 4.79 Å². The standard InChI is InChI=1S/C26H24ClN5O3S/c1-32-17-29-31-26(32)36-16-19-3-8-21(9-4-19)25(33)30-28-14-20-7-12-23(24(13-20)34-2)35-15-18-5-10-22(27)11-6-18/h3-14,17H,15-16H2,1-2H3,(H,30,33)/b28-14+. The van der Waals surface area contributed by atoms with Crippen molar-refractivity contribution >= 4 is 35.5 Å². The molecule has 0 aliphatic carbocycles. The van der Waals surface area contributed by atoms with Crippen LogP contribution in [0.3, 0.4) is 0 Å². The number of nitrogens with one attached hydrogen (secondary N) is 1. The number of nitrogens with zero attached hydrogens (tertiary/aromatic N) is 4. The fourth-order valence-electron chi connectivity index (χ4n) is 3.16. The molecule has 4 rings (SSSR count). The van der Waals surface area contributed by atoms with E-state index in [2.05, 4.69) is 20.7 Å². The zero-order valence-electron chi connectivity index (χ0n) is 19.7. The Balaban J connectivity index is 1.30. The van der Waals surface area contributed by atoms with Crippen LogP contribution in [-0.4, -0.2) is 34.0 Å². The summed E-state index contributed by atoms with van der Waals surface area (Å²) in [5.41, 5.74) is 5.89. The van der Waals surface area contributed by atoms with Crippen LogP contribution in [0.5, 0.6) is 11.5 Å². The minimum absolute atomic E-state index is 0.298. The van der Waals surface area contributed by atoms with E-state index >= 15 is 0 Å². The molecule has 0 aliphatic heterocycles. The molecule has 0 unspecified atom stereocenters. The van der Waals surface area contributed by atoms with Gasteiger partial charge in [0.15, 0.2) is 16.7 Å². The Morgan fingerprint density at radius 3 is 2.53 bits per heavy atom. The van der Waals surface area contributed by atoms with Gasteiger partial charge in [-0.2, -0.15) is 5.10 Å². The van der Waals surface area contributed by atoms with E-state index in [9.17, 15) is 4.79 Å². The van der Waals surface area contributed by atoms with Crippen molar-refractivity contribution in [3.63, 3.8) is 0 Å². The van der Waals surface area contributed by atoms with Crippen molar-refractivity contribution in [1.29, 1.82) is 0 Å². The van der Waals surface area contributed by atoms with Crippen molar-refractivity contribution in [2.75, 3.05) is 7.11 Å². The molecule has 0 spiro atoms. The van der Waals surface area contributed by atoms with E-state index in [0.29, 0.717) is 28.7 Å². The summed E-state index contributed by atoms with van der Waals surface area (Å²) in [4.78, 5) is 12.4. The number of methoxy groups -OCH3 is 1. The lowest BCUT2D eigenvalue weighted by molar-refractivity contribution is 0.0955. The third-order valence-electron chi connectivity index (χ3n) is 5.13. The van der Waals surface area contributed by atoms with Crippen LogP contribution in [0.2, 0.25) is 5.02 Å². The molecule has 1 heterocycles. The predicted octanol–water partition coefficient (Wildman–Crippen LogP) is 5.11. The van der Waals surface area contributed by atoms with Gasteiger partial charge >= 0.3 is 0 Å². The lowest BCUT2D eigenvalue weighted by atomic mass is 10.1. The van der Waals surface area contributed by atoms with E-state index in [0.717, 1.165) is 27.6 Å². The van der Waals surface area contributed by atoms with E-state index in [-0.39, 0.29) is 5.91 Å². The lowest BCUT2D eigenvalue weighted by Crippen LogP contribution is -2.17. The lowest BCUT2D eigenvalue weighted by Gasteiger charge is -2.11. The van der Waals surface area contributed by atoms with Crippen molar-refractivity contribution in [2.45, 2.75) is 17.5 Å². The highest BCUT2D eigenvalue weighted by molar-refractivity contribution is 7.98. The van der Waals surface area contributed by atoms with E-state index < -0.39 is 0 Å². The summed E-state index contributed by atoms with van der Waals surface area (Å²) in [5, 5.41) is 13.5. The molecule has 0 saturated carbocycles. The molecule has 8 nitrogen and oxygen atoms in total. The molecule has 0 atom stereocenters. The van der Waals surface area contributed by atoms with Gasteiger partial charge in [-0.25, -0.2) is 5.43 Å². The topological polar surface area (TPSA) is 90.6 Å². The second-order valence-electron chi connectivity index (χ2n) is 7.73. The van der Waals surface area contributed by atoms with Crippen LogP contribution in [0.15, 0.2) is 83.3 Å². The minimum atomic E-state index is -0.298. The van der Waals surface area contributed by atoms with Crippen LogP contribution in [0, 0.1) is 0 Å². The number of aryl methyl sites for hydroxylation is 1. The van der Waals surface area contributed by atoms with Gasteiger partial charge in [-0.05, 0) is 59.2 Å². The number of rotatable bonds is 10. The van der Waals surface area contributed by atoms with Crippen LogP contribution < -0.4 is 14.9 Å². The smallest absolute Gasteiger partial charge is 0.271 e. The van der Waals surface area contributed by atoms with E-state index in [1.54, 1.807) is 55.7 Å². The highest BCUT2D eigenvalue weighted by Gasteiger charge is 2.08. The van der Waals surface area contributed by atoms with Crippen LogP contribution in [0.25, 0.3) is 0 Å². The highest BCUT2D eigenvalue weighted by Crippen LogP contribution is 2.28. The van der Waals surface area contributed by atoms with Gasteiger partial charge in [0.25, 0.3) is 5.91 Å². The van der Waals surface area contributed by atoms with E-state index in [4.69, 9.17) is 21.1 Å². The third-order valence-corrected chi connectivity index (χ3v) is 6.49. The average molecular weight is 522 g/mol. The van der Waals surface area contributed by atoms with Gasteiger partial charge in [-0.15, -0.1) is 10.2 Å². The van der Waals surface area contributed by atoms with Gasteiger partial charge in [-0.1, -0.05) is 47.6 Å². The zero-order valence-corrected chi connectivity index (χ0v) is 21.3. The first-order valence-electron chi connectivity index (χ1n) is 11.0. The highest BCUT2D eigenvalue weighted by atomic mass is 35.5. The second kappa shape index (κ2) is 12.2. The number of amides is 1. The maximum atomic E-state index is 12.4.